The Hall–Kier alpha value is -0.440. The summed E-state index contributed by atoms with van der Waals surface area (Å²) < 4.78 is 15.1. The van der Waals surface area contributed by atoms with E-state index in [9.17, 15) is 35.7 Å². The maximum absolute atomic E-state index is 9.78. The van der Waals surface area contributed by atoms with Crippen LogP contribution in [0.1, 0.15) is 0 Å². The second-order valence-electron chi connectivity index (χ2n) is 5.57. The molecule has 2 aliphatic rings. The van der Waals surface area contributed by atoms with Crippen LogP contribution in [0.15, 0.2) is 0 Å². The second kappa shape index (κ2) is 7.63. The minimum atomic E-state index is -1.74. The first-order valence-corrected chi connectivity index (χ1v) is 7.07. The van der Waals surface area contributed by atoms with E-state index < -0.39 is 74.6 Å². The first-order chi connectivity index (χ1) is 10.8. The molecule has 11 nitrogen and oxygen atoms in total. The standard InChI is InChI=1S/C12H22O11/c13-1-3-5(14)8(17)10(19)12(23-3)21-2-4-6(15)7(16)9(18)11(20)22-4/h3-20H,1-2H2/t3?,4?,5-,6-,7+,8+,9?,10?,11-,12-/m1/s1. The highest BCUT2D eigenvalue weighted by Crippen LogP contribution is 2.24. The van der Waals surface area contributed by atoms with Crippen molar-refractivity contribution in [3.8, 4) is 0 Å². The summed E-state index contributed by atoms with van der Waals surface area (Å²) in [7, 11) is 0. The lowest BCUT2D eigenvalue weighted by Crippen LogP contribution is -2.61. The predicted octanol–water partition coefficient (Wildman–Crippen LogP) is -5.40. The molecule has 2 heterocycles. The molecule has 0 aromatic heterocycles. The Balaban J connectivity index is 1.94. The van der Waals surface area contributed by atoms with Crippen LogP contribution in [0.4, 0.5) is 0 Å². The Morgan fingerprint density at radius 1 is 0.652 bits per heavy atom. The summed E-state index contributed by atoms with van der Waals surface area (Å²) in [5, 5.41) is 76.1. The van der Waals surface area contributed by atoms with E-state index in [1.165, 1.54) is 0 Å². The van der Waals surface area contributed by atoms with Crippen molar-refractivity contribution in [1.82, 2.24) is 0 Å². The summed E-state index contributed by atoms with van der Waals surface area (Å²) in [4.78, 5) is 0. The van der Waals surface area contributed by atoms with Gasteiger partial charge in [-0.15, -0.1) is 0 Å². The third-order valence-electron chi connectivity index (χ3n) is 3.96. The highest BCUT2D eigenvalue weighted by molar-refractivity contribution is 4.91. The van der Waals surface area contributed by atoms with Crippen LogP contribution in [0.5, 0.6) is 0 Å². The molecule has 2 fully saturated rings. The number of hydrogen-bond acceptors (Lipinski definition) is 11. The van der Waals surface area contributed by atoms with Gasteiger partial charge in [-0.25, -0.2) is 0 Å². The van der Waals surface area contributed by atoms with Crippen LogP contribution in [-0.4, -0.2) is 115 Å². The quantitative estimate of drug-likeness (QED) is 0.243. The van der Waals surface area contributed by atoms with Gasteiger partial charge in [-0.2, -0.15) is 0 Å². The maximum atomic E-state index is 9.78. The van der Waals surface area contributed by atoms with Gasteiger partial charge in [0.25, 0.3) is 0 Å². The van der Waals surface area contributed by atoms with E-state index in [4.69, 9.17) is 19.3 Å². The lowest BCUT2D eigenvalue weighted by atomic mass is 9.98. The molecule has 8 N–H and O–H groups in total. The molecule has 2 aliphatic heterocycles. The van der Waals surface area contributed by atoms with Crippen LogP contribution >= 0.6 is 0 Å². The monoisotopic (exact) mass is 342 g/mol. The first-order valence-electron chi connectivity index (χ1n) is 7.07. The Morgan fingerprint density at radius 2 is 1.22 bits per heavy atom. The highest BCUT2D eigenvalue weighted by atomic mass is 16.7. The van der Waals surface area contributed by atoms with Crippen LogP contribution < -0.4 is 0 Å². The van der Waals surface area contributed by atoms with Gasteiger partial charge in [0.2, 0.25) is 0 Å². The number of aliphatic hydroxyl groups excluding tert-OH is 8. The van der Waals surface area contributed by atoms with Gasteiger partial charge in [0, 0.05) is 0 Å². The lowest BCUT2D eigenvalue weighted by molar-refractivity contribution is -0.325. The van der Waals surface area contributed by atoms with Gasteiger partial charge in [0.05, 0.1) is 13.2 Å². The molecular weight excluding hydrogens is 320 g/mol. The fourth-order valence-corrected chi connectivity index (χ4v) is 2.46. The Kier molecular flexibility index (Phi) is 6.27. The van der Waals surface area contributed by atoms with Crippen molar-refractivity contribution in [2.45, 2.75) is 61.4 Å². The zero-order valence-electron chi connectivity index (χ0n) is 12.0. The Labute approximate surface area is 130 Å². The van der Waals surface area contributed by atoms with Crippen molar-refractivity contribution >= 4 is 0 Å². The van der Waals surface area contributed by atoms with Gasteiger partial charge < -0.3 is 55.1 Å². The number of ether oxygens (including phenoxy) is 3. The van der Waals surface area contributed by atoms with Crippen molar-refractivity contribution in [1.29, 1.82) is 0 Å². The van der Waals surface area contributed by atoms with Crippen molar-refractivity contribution in [3.63, 3.8) is 0 Å². The summed E-state index contributed by atoms with van der Waals surface area (Å²) in [6, 6.07) is 0. The normalized spacial score (nSPS) is 51.7. The van der Waals surface area contributed by atoms with Crippen LogP contribution in [0.25, 0.3) is 0 Å². The summed E-state index contributed by atoms with van der Waals surface area (Å²) in [5.74, 6) is 0. The molecule has 2 rings (SSSR count). The molecule has 11 heteroatoms. The highest BCUT2D eigenvalue weighted by Gasteiger charge is 2.46. The fourth-order valence-electron chi connectivity index (χ4n) is 2.46. The van der Waals surface area contributed by atoms with Crippen molar-refractivity contribution in [3.05, 3.63) is 0 Å². The summed E-state index contributed by atoms with van der Waals surface area (Å²) in [6.45, 7) is -1.10. The largest absolute Gasteiger partial charge is 0.394 e. The van der Waals surface area contributed by atoms with E-state index in [1.54, 1.807) is 0 Å². The summed E-state index contributed by atoms with van der Waals surface area (Å²) >= 11 is 0. The van der Waals surface area contributed by atoms with E-state index in [2.05, 4.69) is 0 Å². The Bertz CT molecular complexity index is 380. The van der Waals surface area contributed by atoms with Crippen molar-refractivity contribution in [2.24, 2.45) is 0 Å². The van der Waals surface area contributed by atoms with Crippen LogP contribution in [-0.2, 0) is 14.2 Å². The van der Waals surface area contributed by atoms with Crippen LogP contribution in [0, 0.1) is 0 Å². The van der Waals surface area contributed by atoms with E-state index in [0.717, 1.165) is 0 Å². The van der Waals surface area contributed by atoms with Gasteiger partial charge >= 0.3 is 0 Å². The topological polar surface area (TPSA) is 190 Å². The van der Waals surface area contributed by atoms with Gasteiger partial charge in [-0.1, -0.05) is 0 Å². The molecule has 4 unspecified atom stereocenters. The molecular formula is C12H22O11. The maximum Gasteiger partial charge on any atom is 0.186 e. The van der Waals surface area contributed by atoms with Crippen LogP contribution in [0.2, 0.25) is 0 Å². The van der Waals surface area contributed by atoms with Gasteiger partial charge in [-0.05, 0) is 0 Å². The van der Waals surface area contributed by atoms with Crippen LogP contribution in [0.3, 0.4) is 0 Å². The molecule has 0 bridgehead atoms. The molecule has 2 saturated heterocycles. The zero-order valence-corrected chi connectivity index (χ0v) is 12.0. The van der Waals surface area contributed by atoms with E-state index in [-0.39, 0.29) is 0 Å². The molecule has 23 heavy (non-hydrogen) atoms. The SMILES string of the molecule is OCC1O[C@@H](OCC2O[C@@H](O)C(O)[C@@H](O)[C@@H]2O)C(O)[C@@H](O)[C@@H]1O. The molecule has 0 spiro atoms. The molecule has 10 atom stereocenters. The summed E-state index contributed by atoms with van der Waals surface area (Å²) in [5.41, 5.74) is 0. The average molecular weight is 342 g/mol. The molecule has 0 saturated carbocycles. The smallest absolute Gasteiger partial charge is 0.186 e. The average Bonchev–Trinajstić information content (AvgIpc) is 2.54. The van der Waals surface area contributed by atoms with Gasteiger partial charge in [0.15, 0.2) is 12.6 Å². The number of hydrogen-bond donors (Lipinski definition) is 8. The molecule has 0 aromatic carbocycles. The van der Waals surface area contributed by atoms with E-state index >= 15 is 0 Å². The lowest BCUT2D eigenvalue weighted by Gasteiger charge is -2.41. The Morgan fingerprint density at radius 3 is 1.83 bits per heavy atom. The number of aliphatic hydroxyl groups is 8. The fraction of sp³-hybridized carbons (Fsp3) is 1.00. The minimum absolute atomic E-state index is 0.468. The van der Waals surface area contributed by atoms with Crippen molar-refractivity contribution < 1.29 is 55.1 Å². The van der Waals surface area contributed by atoms with E-state index in [0.29, 0.717) is 0 Å². The van der Waals surface area contributed by atoms with Gasteiger partial charge in [-0.3, -0.25) is 0 Å². The van der Waals surface area contributed by atoms with E-state index in [1.807, 2.05) is 0 Å². The minimum Gasteiger partial charge on any atom is -0.394 e. The first kappa shape index (κ1) is 18.9. The number of rotatable bonds is 4. The van der Waals surface area contributed by atoms with Gasteiger partial charge in [0.1, 0.15) is 48.8 Å². The molecule has 0 radical (unpaired) electrons. The zero-order chi connectivity index (χ0) is 17.3. The molecule has 0 amide bonds. The second-order valence-corrected chi connectivity index (χ2v) is 5.57. The third-order valence-corrected chi connectivity index (χ3v) is 3.96. The molecule has 0 aliphatic carbocycles. The van der Waals surface area contributed by atoms with Crippen molar-refractivity contribution in [2.75, 3.05) is 13.2 Å². The molecule has 136 valence electrons. The summed E-state index contributed by atoms with van der Waals surface area (Å²) in [6.07, 6.45) is -15.3. The molecule has 0 aromatic rings. The third kappa shape index (κ3) is 3.81. The predicted molar refractivity (Wildman–Crippen MR) is 68.6 cm³/mol.